The maximum absolute atomic E-state index is 11.1. The van der Waals surface area contributed by atoms with Crippen molar-refractivity contribution in [3.05, 3.63) is 21.9 Å². The molecule has 0 radical (unpaired) electrons. The first kappa shape index (κ1) is 21.6. The lowest BCUT2D eigenvalue weighted by Gasteiger charge is -2.17. The van der Waals surface area contributed by atoms with Gasteiger partial charge in [0, 0.05) is 42.1 Å². The van der Waals surface area contributed by atoms with Gasteiger partial charge in [0.25, 0.3) is 0 Å². The predicted molar refractivity (Wildman–Crippen MR) is 106 cm³/mol. The Hall–Kier alpha value is -0.350. The van der Waals surface area contributed by atoms with Crippen LogP contribution in [0.1, 0.15) is 23.1 Å². The lowest BCUT2D eigenvalue weighted by molar-refractivity contribution is 0.597. The third-order valence-corrected chi connectivity index (χ3v) is 4.95. The van der Waals surface area contributed by atoms with E-state index >= 15 is 0 Å². The molecular weight excluding hydrogens is 433 g/mol. The molecule has 0 spiro atoms. The maximum Gasteiger partial charge on any atom is 0.191 e. The van der Waals surface area contributed by atoms with Crippen molar-refractivity contribution < 1.29 is 8.42 Å². The summed E-state index contributed by atoms with van der Waals surface area (Å²) in [6, 6.07) is 4.55. The number of aliphatic imine (C=N–C) groups is 1. The van der Waals surface area contributed by atoms with E-state index in [4.69, 9.17) is 0 Å². The summed E-state index contributed by atoms with van der Waals surface area (Å²) in [7, 11) is -1.17. The van der Waals surface area contributed by atoms with Crippen LogP contribution < -0.4 is 10.6 Å². The van der Waals surface area contributed by atoms with Gasteiger partial charge in [-0.15, -0.1) is 35.3 Å². The number of nitrogens with one attached hydrogen (secondary N) is 2. The second-order valence-corrected chi connectivity index (χ2v) is 8.88. The fourth-order valence-corrected chi connectivity index (χ4v) is 3.60. The number of nitrogens with zero attached hydrogens (tertiary/aromatic N) is 1. The van der Waals surface area contributed by atoms with Crippen molar-refractivity contribution in [2.75, 3.05) is 25.6 Å². The number of rotatable bonds is 7. The Morgan fingerprint density at radius 1 is 1.41 bits per heavy atom. The van der Waals surface area contributed by atoms with Gasteiger partial charge in [-0.2, -0.15) is 0 Å². The van der Waals surface area contributed by atoms with Crippen molar-refractivity contribution in [2.24, 2.45) is 4.99 Å². The zero-order chi connectivity index (χ0) is 15.9. The molecular formula is C14H26IN3O2S2. The van der Waals surface area contributed by atoms with Crippen LogP contribution in [0.3, 0.4) is 0 Å². The highest BCUT2D eigenvalue weighted by Gasteiger charge is 2.08. The van der Waals surface area contributed by atoms with Crippen molar-refractivity contribution in [3.8, 4) is 0 Å². The van der Waals surface area contributed by atoms with Gasteiger partial charge in [-0.05, 0) is 32.4 Å². The van der Waals surface area contributed by atoms with Crippen LogP contribution in [0.4, 0.5) is 0 Å². The average Bonchev–Trinajstić information content (AvgIpc) is 2.77. The number of guanidine groups is 1. The maximum atomic E-state index is 11.1. The number of sulfone groups is 1. The highest BCUT2D eigenvalue weighted by atomic mass is 127. The lowest BCUT2D eigenvalue weighted by atomic mass is 10.2. The fraction of sp³-hybridized carbons (Fsp3) is 0.643. The molecule has 0 fully saturated rings. The van der Waals surface area contributed by atoms with Gasteiger partial charge in [-0.3, -0.25) is 4.99 Å². The molecule has 128 valence electrons. The molecule has 22 heavy (non-hydrogen) atoms. The summed E-state index contributed by atoms with van der Waals surface area (Å²) in [5, 5.41) is 6.46. The molecule has 0 aliphatic rings. The second-order valence-electron chi connectivity index (χ2n) is 5.24. The van der Waals surface area contributed by atoms with Crippen LogP contribution in [-0.2, 0) is 16.3 Å². The Labute approximate surface area is 154 Å². The van der Waals surface area contributed by atoms with Crippen LogP contribution in [0.25, 0.3) is 0 Å². The first-order valence-corrected chi connectivity index (χ1v) is 9.88. The summed E-state index contributed by atoms with van der Waals surface area (Å²) in [4.78, 5) is 6.82. The van der Waals surface area contributed by atoms with Crippen LogP contribution in [0.5, 0.6) is 0 Å². The molecule has 0 bridgehead atoms. The molecule has 0 aliphatic heterocycles. The molecule has 2 N–H and O–H groups in total. The van der Waals surface area contributed by atoms with E-state index in [-0.39, 0.29) is 35.8 Å². The van der Waals surface area contributed by atoms with E-state index in [9.17, 15) is 8.42 Å². The Morgan fingerprint density at radius 3 is 2.59 bits per heavy atom. The largest absolute Gasteiger partial charge is 0.356 e. The highest BCUT2D eigenvalue weighted by Crippen LogP contribution is 2.16. The minimum Gasteiger partial charge on any atom is -0.356 e. The quantitative estimate of drug-likeness (QED) is 0.284. The molecule has 0 amide bonds. The standard InChI is InChI=1S/C14H25N3O2S2.HI/c1-11(10-13-7-6-12(2)20-13)17-14(15-3)16-8-5-9-21(4,18)19;/h6-7,11H,5,8-10H2,1-4H3,(H2,15,16,17);1H. The molecule has 0 aromatic carbocycles. The smallest absolute Gasteiger partial charge is 0.191 e. The van der Waals surface area contributed by atoms with Crippen LogP contribution >= 0.6 is 35.3 Å². The topological polar surface area (TPSA) is 70.6 Å². The Morgan fingerprint density at radius 2 is 2.09 bits per heavy atom. The minimum atomic E-state index is -2.89. The summed E-state index contributed by atoms with van der Waals surface area (Å²) in [5.41, 5.74) is 0. The molecule has 0 aliphatic carbocycles. The molecule has 1 atom stereocenters. The molecule has 1 heterocycles. The van der Waals surface area contributed by atoms with Crippen LogP contribution in [-0.4, -0.2) is 46.0 Å². The molecule has 1 aromatic rings. The van der Waals surface area contributed by atoms with Gasteiger partial charge in [0.05, 0.1) is 5.75 Å². The molecule has 8 heteroatoms. The SMILES string of the molecule is CN=C(NCCCS(C)(=O)=O)NC(C)Cc1ccc(C)s1.I. The average molecular weight is 459 g/mol. The van der Waals surface area contributed by atoms with E-state index in [0.29, 0.717) is 18.9 Å². The second kappa shape index (κ2) is 10.4. The summed E-state index contributed by atoms with van der Waals surface area (Å²) in [6.07, 6.45) is 2.78. The van der Waals surface area contributed by atoms with Gasteiger partial charge in [0.15, 0.2) is 5.96 Å². The van der Waals surface area contributed by atoms with E-state index in [1.54, 1.807) is 7.05 Å². The van der Waals surface area contributed by atoms with E-state index in [1.807, 2.05) is 11.3 Å². The van der Waals surface area contributed by atoms with Crippen LogP contribution in [0.2, 0.25) is 0 Å². The molecule has 0 saturated carbocycles. The normalized spacial score (nSPS) is 13.4. The van der Waals surface area contributed by atoms with Gasteiger partial charge in [-0.1, -0.05) is 0 Å². The Kier molecular flexibility index (Phi) is 10.3. The van der Waals surface area contributed by atoms with Gasteiger partial charge in [0.2, 0.25) is 0 Å². The summed E-state index contributed by atoms with van der Waals surface area (Å²) < 4.78 is 22.1. The monoisotopic (exact) mass is 459 g/mol. The number of thiophene rings is 1. The van der Waals surface area contributed by atoms with Crippen molar-refractivity contribution in [1.29, 1.82) is 0 Å². The summed E-state index contributed by atoms with van der Waals surface area (Å²) in [5.74, 6) is 0.908. The minimum absolute atomic E-state index is 0. The van der Waals surface area contributed by atoms with Crippen molar-refractivity contribution >= 4 is 51.1 Å². The number of hydrogen-bond donors (Lipinski definition) is 2. The van der Waals surface area contributed by atoms with Gasteiger partial charge >= 0.3 is 0 Å². The highest BCUT2D eigenvalue weighted by molar-refractivity contribution is 14.0. The third-order valence-electron chi connectivity index (χ3n) is 2.89. The number of halogens is 1. The van der Waals surface area contributed by atoms with Crippen LogP contribution in [0, 0.1) is 6.92 Å². The van der Waals surface area contributed by atoms with E-state index in [2.05, 4.69) is 41.6 Å². The van der Waals surface area contributed by atoms with Gasteiger partial charge in [0.1, 0.15) is 9.84 Å². The third kappa shape index (κ3) is 9.62. The first-order valence-electron chi connectivity index (χ1n) is 7.00. The Balaban J connectivity index is 0.00000441. The summed E-state index contributed by atoms with van der Waals surface area (Å²) >= 11 is 1.81. The van der Waals surface area contributed by atoms with E-state index in [1.165, 1.54) is 16.0 Å². The van der Waals surface area contributed by atoms with E-state index < -0.39 is 9.84 Å². The number of aryl methyl sites for hydroxylation is 1. The summed E-state index contributed by atoms with van der Waals surface area (Å²) in [6.45, 7) is 4.81. The molecule has 5 nitrogen and oxygen atoms in total. The van der Waals surface area contributed by atoms with Crippen molar-refractivity contribution in [2.45, 2.75) is 32.7 Å². The van der Waals surface area contributed by atoms with Crippen molar-refractivity contribution in [3.63, 3.8) is 0 Å². The molecule has 1 unspecified atom stereocenters. The van der Waals surface area contributed by atoms with E-state index in [0.717, 1.165) is 6.42 Å². The van der Waals surface area contributed by atoms with Gasteiger partial charge in [-0.25, -0.2) is 8.42 Å². The number of hydrogen-bond acceptors (Lipinski definition) is 4. The predicted octanol–water partition coefficient (Wildman–Crippen LogP) is 2.21. The first-order chi connectivity index (χ1) is 9.80. The van der Waals surface area contributed by atoms with Crippen LogP contribution in [0.15, 0.2) is 17.1 Å². The molecule has 1 rings (SSSR count). The molecule has 1 aromatic heterocycles. The van der Waals surface area contributed by atoms with Crippen molar-refractivity contribution in [1.82, 2.24) is 10.6 Å². The Bertz CT molecular complexity index is 570. The molecule has 0 saturated heterocycles. The zero-order valence-corrected chi connectivity index (χ0v) is 17.5. The van der Waals surface area contributed by atoms with Gasteiger partial charge < -0.3 is 10.6 Å². The fourth-order valence-electron chi connectivity index (χ4n) is 1.92. The zero-order valence-electron chi connectivity index (χ0n) is 13.5. The lowest BCUT2D eigenvalue weighted by Crippen LogP contribution is -2.43.